The Morgan fingerprint density at radius 2 is 2.20 bits per heavy atom. The quantitative estimate of drug-likeness (QED) is 0.617. The second kappa shape index (κ2) is 5.13. The van der Waals surface area contributed by atoms with Gasteiger partial charge >= 0.3 is 0 Å². The second-order valence-corrected chi connectivity index (χ2v) is 5.31. The van der Waals surface area contributed by atoms with Crippen molar-refractivity contribution in [1.82, 2.24) is 15.5 Å². The number of aliphatic hydroxyl groups excluding tert-OH is 1. The fourth-order valence-electron chi connectivity index (χ4n) is 2.72. The number of rotatable bonds is 2. The number of hydrogen-bond donors (Lipinski definition) is 4. The number of nitrogens with two attached hydrogens (primary N) is 1. The zero-order valence-electron chi connectivity index (χ0n) is 11.1. The number of nitrogens with zero attached hydrogens (tertiary/aromatic N) is 1. The largest absolute Gasteiger partial charge is 0.399 e. The van der Waals surface area contributed by atoms with Crippen LogP contribution in [-0.4, -0.2) is 33.4 Å². The molecule has 5 N–H and O–H groups in total. The lowest BCUT2D eigenvalue weighted by Gasteiger charge is -2.28. The van der Waals surface area contributed by atoms with E-state index in [4.69, 9.17) is 5.73 Å². The van der Waals surface area contributed by atoms with E-state index in [2.05, 4.69) is 15.5 Å². The van der Waals surface area contributed by atoms with E-state index < -0.39 is 6.10 Å². The Hall–Kier alpha value is -2.08. The SMILES string of the molecule is Nc1ccc2[nH]nc(C(=O)N[C@H]3CCCC[C@@H]3O)c2c1. The Morgan fingerprint density at radius 3 is 3.00 bits per heavy atom. The Balaban J connectivity index is 1.83. The molecule has 1 aliphatic carbocycles. The van der Waals surface area contributed by atoms with Gasteiger partial charge in [-0.2, -0.15) is 5.10 Å². The van der Waals surface area contributed by atoms with E-state index in [0.717, 1.165) is 31.2 Å². The van der Waals surface area contributed by atoms with Gasteiger partial charge in [0.25, 0.3) is 5.91 Å². The molecule has 0 unspecified atom stereocenters. The first kappa shape index (κ1) is 12.9. The van der Waals surface area contributed by atoms with Crippen molar-refractivity contribution in [3.63, 3.8) is 0 Å². The van der Waals surface area contributed by atoms with Crippen LogP contribution >= 0.6 is 0 Å². The number of carbonyl (C=O) groups excluding carboxylic acids is 1. The highest BCUT2D eigenvalue weighted by Crippen LogP contribution is 2.21. The summed E-state index contributed by atoms with van der Waals surface area (Å²) in [6, 6.07) is 5.09. The highest BCUT2D eigenvalue weighted by Gasteiger charge is 2.26. The van der Waals surface area contributed by atoms with Crippen molar-refractivity contribution in [3.05, 3.63) is 23.9 Å². The predicted octanol–water partition coefficient (Wildman–Crippen LogP) is 1.18. The van der Waals surface area contributed by atoms with Crippen molar-refractivity contribution in [1.29, 1.82) is 0 Å². The van der Waals surface area contributed by atoms with Crippen LogP contribution in [0.5, 0.6) is 0 Å². The van der Waals surface area contributed by atoms with Gasteiger partial charge in [0.1, 0.15) is 0 Å². The maximum absolute atomic E-state index is 12.3. The van der Waals surface area contributed by atoms with Gasteiger partial charge in [-0.05, 0) is 31.0 Å². The summed E-state index contributed by atoms with van der Waals surface area (Å²) in [5, 5.41) is 20.4. The number of aromatic nitrogens is 2. The summed E-state index contributed by atoms with van der Waals surface area (Å²) in [6.45, 7) is 0. The number of amides is 1. The molecule has 1 fully saturated rings. The van der Waals surface area contributed by atoms with Gasteiger partial charge in [-0.3, -0.25) is 9.89 Å². The third-order valence-electron chi connectivity index (χ3n) is 3.85. The number of benzene rings is 1. The zero-order valence-corrected chi connectivity index (χ0v) is 11.1. The average molecular weight is 274 g/mol. The summed E-state index contributed by atoms with van der Waals surface area (Å²) < 4.78 is 0. The first-order chi connectivity index (χ1) is 9.65. The number of carbonyl (C=O) groups is 1. The lowest BCUT2D eigenvalue weighted by molar-refractivity contribution is 0.0715. The number of fused-ring (bicyclic) bond motifs is 1. The molecule has 0 spiro atoms. The van der Waals surface area contributed by atoms with Gasteiger partial charge in [0, 0.05) is 11.1 Å². The van der Waals surface area contributed by atoms with Crippen LogP contribution in [0.2, 0.25) is 0 Å². The zero-order chi connectivity index (χ0) is 14.1. The molecule has 6 heteroatoms. The number of nitrogen functional groups attached to an aromatic ring is 1. The fraction of sp³-hybridized carbons (Fsp3) is 0.429. The first-order valence-electron chi connectivity index (χ1n) is 6.87. The van der Waals surface area contributed by atoms with Gasteiger partial charge in [0.2, 0.25) is 0 Å². The number of aromatic amines is 1. The number of aliphatic hydroxyl groups is 1. The van der Waals surface area contributed by atoms with Crippen molar-refractivity contribution in [3.8, 4) is 0 Å². The molecule has 1 aliphatic rings. The number of nitrogens with one attached hydrogen (secondary N) is 2. The van der Waals surface area contributed by atoms with Crippen LogP contribution in [0, 0.1) is 0 Å². The van der Waals surface area contributed by atoms with Crippen LogP contribution in [0.15, 0.2) is 18.2 Å². The van der Waals surface area contributed by atoms with E-state index in [0.29, 0.717) is 16.8 Å². The molecule has 0 radical (unpaired) electrons. The minimum Gasteiger partial charge on any atom is -0.399 e. The Morgan fingerprint density at radius 1 is 1.40 bits per heavy atom. The fourth-order valence-corrected chi connectivity index (χ4v) is 2.72. The molecule has 1 amide bonds. The van der Waals surface area contributed by atoms with Crippen LogP contribution in [-0.2, 0) is 0 Å². The monoisotopic (exact) mass is 274 g/mol. The summed E-state index contributed by atoms with van der Waals surface area (Å²) in [6.07, 6.45) is 3.10. The minimum atomic E-state index is -0.469. The number of H-pyrrole nitrogens is 1. The molecule has 2 atom stereocenters. The van der Waals surface area contributed by atoms with E-state index in [1.807, 2.05) is 0 Å². The summed E-state index contributed by atoms with van der Waals surface area (Å²) in [4.78, 5) is 12.3. The highest BCUT2D eigenvalue weighted by molar-refractivity contribution is 6.05. The van der Waals surface area contributed by atoms with Crippen molar-refractivity contribution >= 4 is 22.5 Å². The van der Waals surface area contributed by atoms with Crippen molar-refractivity contribution < 1.29 is 9.90 Å². The first-order valence-corrected chi connectivity index (χ1v) is 6.87. The molecule has 106 valence electrons. The Labute approximate surface area is 116 Å². The molecule has 6 nitrogen and oxygen atoms in total. The van der Waals surface area contributed by atoms with Crippen molar-refractivity contribution in [2.45, 2.75) is 37.8 Å². The van der Waals surface area contributed by atoms with Crippen LogP contribution in [0.1, 0.15) is 36.2 Å². The topological polar surface area (TPSA) is 104 Å². The number of anilines is 1. The predicted molar refractivity (Wildman–Crippen MR) is 76.2 cm³/mol. The molecule has 20 heavy (non-hydrogen) atoms. The highest BCUT2D eigenvalue weighted by atomic mass is 16.3. The van der Waals surface area contributed by atoms with Gasteiger partial charge < -0.3 is 16.2 Å². The average Bonchev–Trinajstić information content (AvgIpc) is 2.84. The van der Waals surface area contributed by atoms with Crippen molar-refractivity contribution in [2.24, 2.45) is 0 Å². The molecule has 1 aromatic heterocycles. The Kier molecular flexibility index (Phi) is 3.31. The number of hydrogen-bond acceptors (Lipinski definition) is 4. The molecule has 3 rings (SSSR count). The van der Waals surface area contributed by atoms with E-state index in [-0.39, 0.29) is 11.9 Å². The summed E-state index contributed by atoms with van der Waals surface area (Å²) in [5.41, 5.74) is 7.43. The Bertz CT molecular complexity index is 637. The summed E-state index contributed by atoms with van der Waals surface area (Å²) in [7, 11) is 0. The minimum absolute atomic E-state index is 0.191. The lowest BCUT2D eigenvalue weighted by Crippen LogP contribution is -2.45. The van der Waals surface area contributed by atoms with E-state index in [9.17, 15) is 9.90 Å². The van der Waals surface area contributed by atoms with Gasteiger partial charge in [-0.1, -0.05) is 12.8 Å². The summed E-state index contributed by atoms with van der Waals surface area (Å²) in [5.74, 6) is -0.271. The molecule has 0 saturated heterocycles. The van der Waals surface area contributed by atoms with Crippen LogP contribution in [0.4, 0.5) is 5.69 Å². The van der Waals surface area contributed by atoms with E-state index >= 15 is 0 Å². The molecule has 1 aromatic carbocycles. The smallest absolute Gasteiger partial charge is 0.272 e. The third-order valence-corrected chi connectivity index (χ3v) is 3.85. The normalized spacial score (nSPS) is 22.9. The summed E-state index contributed by atoms with van der Waals surface area (Å²) >= 11 is 0. The molecular formula is C14H18N4O2. The third kappa shape index (κ3) is 2.34. The lowest BCUT2D eigenvalue weighted by atomic mass is 9.92. The van der Waals surface area contributed by atoms with Gasteiger partial charge in [0.15, 0.2) is 5.69 Å². The molecule has 0 bridgehead atoms. The standard InChI is InChI=1S/C14H18N4O2/c15-8-5-6-10-9(7-8)13(18-17-10)14(20)16-11-3-1-2-4-12(11)19/h5-7,11-12,19H,1-4,15H2,(H,16,20)(H,17,18)/t11-,12-/m0/s1. The van der Waals surface area contributed by atoms with Crippen molar-refractivity contribution in [2.75, 3.05) is 5.73 Å². The van der Waals surface area contributed by atoms with Crippen LogP contribution in [0.3, 0.4) is 0 Å². The molecule has 0 aliphatic heterocycles. The van der Waals surface area contributed by atoms with E-state index in [1.54, 1.807) is 18.2 Å². The molecular weight excluding hydrogens is 256 g/mol. The van der Waals surface area contributed by atoms with Crippen LogP contribution < -0.4 is 11.1 Å². The maximum atomic E-state index is 12.3. The van der Waals surface area contributed by atoms with Gasteiger partial charge in [0.05, 0.1) is 17.7 Å². The molecule has 1 heterocycles. The second-order valence-electron chi connectivity index (χ2n) is 5.31. The van der Waals surface area contributed by atoms with Crippen LogP contribution in [0.25, 0.3) is 10.9 Å². The van der Waals surface area contributed by atoms with Gasteiger partial charge in [-0.15, -0.1) is 0 Å². The maximum Gasteiger partial charge on any atom is 0.272 e. The van der Waals surface area contributed by atoms with Gasteiger partial charge in [-0.25, -0.2) is 0 Å². The molecule has 2 aromatic rings. The van der Waals surface area contributed by atoms with E-state index in [1.165, 1.54) is 0 Å². The molecule has 1 saturated carbocycles.